The summed E-state index contributed by atoms with van der Waals surface area (Å²) in [5.41, 5.74) is 0.865. The van der Waals surface area contributed by atoms with E-state index in [-0.39, 0.29) is 42.3 Å². The van der Waals surface area contributed by atoms with E-state index in [4.69, 9.17) is 0 Å². The van der Waals surface area contributed by atoms with Gasteiger partial charge in [-0.1, -0.05) is 12.1 Å². The maximum atomic E-state index is 14.3. The van der Waals surface area contributed by atoms with Gasteiger partial charge in [0.1, 0.15) is 23.1 Å². The topological polar surface area (TPSA) is 67.2 Å². The number of nitrogens with one attached hydrogen (secondary N) is 1. The molecule has 9 heteroatoms. The lowest BCUT2D eigenvalue weighted by Crippen LogP contribution is -2.40. The summed E-state index contributed by atoms with van der Waals surface area (Å²) in [6.45, 7) is 1.89. The molecule has 31 heavy (non-hydrogen) atoms. The van der Waals surface area contributed by atoms with Crippen LogP contribution in [-0.4, -0.2) is 39.6 Å². The van der Waals surface area contributed by atoms with Crippen LogP contribution in [0.25, 0.3) is 11.3 Å². The summed E-state index contributed by atoms with van der Waals surface area (Å²) in [7, 11) is 1.58. The molecule has 2 amide bonds. The first kappa shape index (κ1) is 22.1. The number of aromatic nitrogens is 2. The number of rotatable bonds is 7. The first-order valence-corrected chi connectivity index (χ1v) is 9.58. The van der Waals surface area contributed by atoms with Gasteiger partial charge in [0.15, 0.2) is 0 Å². The average molecular weight is 430 g/mol. The lowest BCUT2D eigenvalue weighted by Gasteiger charge is -2.20. The van der Waals surface area contributed by atoms with Crippen LogP contribution in [0.4, 0.5) is 13.2 Å². The maximum Gasteiger partial charge on any atom is 0.258 e. The molecule has 0 aliphatic carbocycles. The quantitative estimate of drug-likeness (QED) is 0.626. The van der Waals surface area contributed by atoms with Crippen molar-refractivity contribution in [1.82, 2.24) is 20.0 Å². The molecule has 1 aromatic heterocycles. The largest absolute Gasteiger partial charge is 0.350 e. The monoisotopic (exact) mass is 430 g/mol. The van der Waals surface area contributed by atoms with E-state index in [0.717, 1.165) is 12.1 Å². The number of nitrogens with zero attached hydrogens (tertiary/aromatic N) is 3. The number of aryl methyl sites for hydroxylation is 1. The highest BCUT2D eigenvalue weighted by Crippen LogP contribution is 2.26. The minimum atomic E-state index is -0.840. The Balaban J connectivity index is 1.74. The minimum absolute atomic E-state index is 0.0119. The number of halogens is 3. The molecule has 0 aliphatic heterocycles. The molecule has 0 saturated heterocycles. The van der Waals surface area contributed by atoms with Crippen LogP contribution < -0.4 is 5.32 Å². The molecular formula is C22H21F3N4O2. The zero-order valence-electron chi connectivity index (χ0n) is 17.0. The van der Waals surface area contributed by atoms with E-state index in [1.165, 1.54) is 34.0 Å². The number of carbonyl (C=O) groups is 2. The molecule has 1 heterocycles. The minimum Gasteiger partial charge on any atom is -0.350 e. The maximum absolute atomic E-state index is 14.3. The fraction of sp³-hybridized carbons (Fsp3) is 0.227. The first-order chi connectivity index (χ1) is 14.8. The van der Waals surface area contributed by atoms with Gasteiger partial charge in [-0.05, 0) is 36.8 Å². The van der Waals surface area contributed by atoms with Crippen molar-refractivity contribution in [3.05, 3.63) is 77.2 Å². The molecule has 0 spiro atoms. The fourth-order valence-corrected chi connectivity index (χ4v) is 3.06. The van der Waals surface area contributed by atoms with Crippen LogP contribution in [-0.2, 0) is 18.4 Å². The van der Waals surface area contributed by atoms with Gasteiger partial charge in [0, 0.05) is 38.0 Å². The van der Waals surface area contributed by atoms with Crippen molar-refractivity contribution in [1.29, 1.82) is 0 Å². The SMILES string of the molecule is CCN(CC(=O)NCc1ccc(F)cc1)C(=O)c1cn(C)nc1-c1ccc(F)cc1F. The van der Waals surface area contributed by atoms with Crippen LogP contribution >= 0.6 is 0 Å². The molecule has 0 unspecified atom stereocenters. The second kappa shape index (κ2) is 9.46. The van der Waals surface area contributed by atoms with Gasteiger partial charge >= 0.3 is 0 Å². The predicted molar refractivity (Wildman–Crippen MR) is 108 cm³/mol. The van der Waals surface area contributed by atoms with Crippen LogP contribution in [0.5, 0.6) is 0 Å². The first-order valence-electron chi connectivity index (χ1n) is 9.58. The van der Waals surface area contributed by atoms with Crippen molar-refractivity contribution in [3.63, 3.8) is 0 Å². The summed E-state index contributed by atoms with van der Waals surface area (Å²) < 4.78 is 41.9. The van der Waals surface area contributed by atoms with Gasteiger partial charge in [-0.2, -0.15) is 5.10 Å². The van der Waals surface area contributed by atoms with E-state index in [9.17, 15) is 22.8 Å². The fourth-order valence-electron chi connectivity index (χ4n) is 3.06. The molecule has 0 atom stereocenters. The highest BCUT2D eigenvalue weighted by atomic mass is 19.1. The Morgan fingerprint density at radius 1 is 1.06 bits per heavy atom. The highest BCUT2D eigenvalue weighted by molar-refractivity contribution is 6.01. The Morgan fingerprint density at radius 3 is 2.39 bits per heavy atom. The van der Waals surface area contributed by atoms with E-state index in [1.54, 1.807) is 26.1 Å². The van der Waals surface area contributed by atoms with Gasteiger partial charge in [0.2, 0.25) is 5.91 Å². The van der Waals surface area contributed by atoms with Crippen molar-refractivity contribution in [2.75, 3.05) is 13.1 Å². The Hall–Kier alpha value is -3.62. The van der Waals surface area contributed by atoms with Crippen molar-refractivity contribution in [2.45, 2.75) is 13.5 Å². The smallest absolute Gasteiger partial charge is 0.258 e. The van der Waals surface area contributed by atoms with E-state index >= 15 is 0 Å². The van der Waals surface area contributed by atoms with Gasteiger partial charge in [-0.15, -0.1) is 0 Å². The Morgan fingerprint density at radius 2 is 1.74 bits per heavy atom. The van der Waals surface area contributed by atoms with Crippen molar-refractivity contribution in [2.24, 2.45) is 7.05 Å². The number of carbonyl (C=O) groups excluding carboxylic acids is 2. The zero-order valence-corrected chi connectivity index (χ0v) is 17.0. The van der Waals surface area contributed by atoms with Crippen LogP contribution in [0.3, 0.4) is 0 Å². The Kier molecular flexibility index (Phi) is 6.74. The van der Waals surface area contributed by atoms with Crippen LogP contribution in [0.2, 0.25) is 0 Å². The molecule has 2 aromatic carbocycles. The third-order valence-electron chi connectivity index (χ3n) is 4.65. The molecule has 3 rings (SSSR count). The summed E-state index contributed by atoms with van der Waals surface area (Å²) in [5.74, 6) is -2.86. The number of hydrogen-bond donors (Lipinski definition) is 1. The molecular weight excluding hydrogens is 409 g/mol. The normalized spacial score (nSPS) is 10.7. The van der Waals surface area contributed by atoms with Gasteiger partial charge < -0.3 is 10.2 Å². The number of hydrogen-bond acceptors (Lipinski definition) is 3. The number of benzene rings is 2. The Bertz CT molecular complexity index is 1100. The summed E-state index contributed by atoms with van der Waals surface area (Å²) in [6.07, 6.45) is 1.43. The van der Waals surface area contributed by atoms with Crippen molar-refractivity contribution >= 4 is 11.8 Å². The summed E-state index contributed by atoms with van der Waals surface area (Å²) in [6, 6.07) is 8.72. The second-order valence-corrected chi connectivity index (χ2v) is 6.91. The predicted octanol–water partition coefficient (Wildman–Crippen LogP) is 3.28. The van der Waals surface area contributed by atoms with Gasteiger partial charge in [-0.3, -0.25) is 14.3 Å². The molecule has 6 nitrogen and oxygen atoms in total. The molecule has 162 valence electrons. The molecule has 0 bridgehead atoms. The zero-order chi connectivity index (χ0) is 22.5. The third kappa shape index (κ3) is 5.30. The third-order valence-corrected chi connectivity index (χ3v) is 4.65. The standard InChI is InChI=1S/C22H21F3N4O2/c1-3-29(13-20(30)26-11-14-4-6-15(23)7-5-14)22(31)18-12-28(2)27-21(18)17-9-8-16(24)10-19(17)25/h4-10,12H,3,11,13H2,1-2H3,(H,26,30). The van der Waals surface area contributed by atoms with E-state index in [0.29, 0.717) is 5.56 Å². The lowest BCUT2D eigenvalue weighted by molar-refractivity contribution is -0.121. The molecule has 0 saturated carbocycles. The molecule has 0 radical (unpaired) electrons. The summed E-state index contributed by atoms with van der Waals surface area (Å²) in [4.78, 5) is 26.7. The summed E-state index contributed by atoms with van der Waals surface area (Å²) in [5, 5.41) is 6.83. The number of likely N-dealkylation sites (N-methyl/N-ethyl adjacent to an activating group) is 1. The van der Waals surface area contributed by atoms with Crippen LogP contribution in [0.15, 0.2) is 48.7 Å². The molecule has 3 aromatic rings. The lowest BCUT2D eigenvalue weighted by atomic mass is 10.1. The molecule has 0 fully saturated rings. The van der Waals surface area contributed by atoms with Crippen LogP contribution in [0, 0.1) is 17.5 Å². The van der Waals surface area contributed by atoms with Gasteiger partial charge in [0.05, 0.1) is 12.1 Å². The Labute approximate surface area is 177 Å². The average Bonchev–Trinajstić information content (AvgIpc) is 3.12. The molecule has 1 N–H and O–H groups in total. The van der Waals surface area contributed by atoms with Crippen molar-refractivity contribution < 1.29 is 22.8 Å². The highest BCUT2D eigenvalue weighted by Gasteiger charge is 2.25. The molecule has 0 aliphatic rings. The van der Waals surface area contributed by atoms with Crippen LogP contribution in [0.1, 0.15) is 22.8 Å². The van der Waals surface area contributed by atoms with Gasteiger partial charge in [0.25, 0.3) is 5.91 Å². The van der Waals surface area contributed by atoms with E-state index < -0.39 is 23.4 Å². The van der Waals surface area contributed by atoms with Crippen molar-refractivity contribution in [3.8, 4) is 11.3 Å². The van der Waals surface area contributed by atoms with E-state index in [1.807, 2.05) is 0 Å². The second-order valence-electron chi connectivity index (χ2n) is 6.91. The summed E-state index contributed by atoms with van der Waals surface area (Å²) >= 11 is 0. The number of amides is 2. The van der Waals surface area contributed by atoms with E-state index in [2.05, 4.69) is 10.4 Å². The van der Waals surface area contributed by atoms with Gasteiger partial charge in [-0.25, -0.2) is 13.2 Å².